The van der Waals surface area contributed by atoms with Gasteiger partial charge in [0.1, 0.15) is 0 Å². The largest absolute Gasteiger partial charge is 0.316 e. The topological polar surface area (TPSA) is 12.0 Å². The molecule has 4 unspecified atom stereocenters. The lowest BCUT2D eigenvalue weighted by atomic mass is 9.69. The van der Waals surface area contributed by atoms with Crippen LogP contribution in [0.25, 0.3) is 0 Å². The molecule has 2 aliphatic rings. The molecule has 0 radical (unpaired) electrons. The highest BCUT2D eigenvalue weighted by molar-refractivity contribution is 4.84. The highest BCUT2D eigenvalue weighted by atomic mass is 14.9. The van der Waals surface area contributed by atoms with Crippen LogP contribution in [0, 0.1) is 29.6 Å². The fraction of sp³-hybridized carbons (Fsp3) is 1.00. The van der Waals surface area contributed by atoms with Gasteiger partial charge in [0.25, 0.3) is 0 Å². The Kier molecular flexibility index (Phi) is 6.87. The lowest BCUT2D eigenvalue weighted by Gasteiger charge is -2.37. The number of nitrogens with one attached hydrogen (secondary N) is 1. The molecule has 0 aromatic heterocycles. The number of rotatable bonds is 5. The first-order valence-electron chi connectivity index (χ1n) is 9.37. The molecule has 2 rings (SSSR count). The predicted octanol–water partition coefficient (Wildman–Crippen LogP) is 5.25. The molecular weight excluding hydrogens is 242 g/mol. The van der Waals surface area contributed by atoms with Gasteiger partial charge < -0.3 is 5.32 Å². The SMILES string of the molecule is CC(C)CNCC1CCCCCC1C1CCCC(C)C1. The van der Waals surface area contributed by atoms with Crippen LogP contribution in [0.4, 0.5) is 0 Å². The molecule has 1 nitrogen and oxygen atoms in total. The zero-order chi connectivity index (χ0) is 14.4. The Labute approximate surface area is 127 Å². The summed E-state index contributed by atoms with van der Waals surface area (Å²) >= 11 is 0. The highest BCUT2D eigenvalue weighted by Crippen LogP contribution is 2.42. The van der Waals surface area contributed by atoms with E-state index in [1.54, 1.807) is 0 Å². The van der Waals surface area contributed by atoms with Gasteiger partial charge in [-0.2, -0.15) is 0 Å². The first-order chi connectivity index (χ1) is 9.66. The molecule has 2 fully saturated rings. The molecule has 4 atom stereocenters. The molecule has 0 amide bonds. The van der Waals surface area contributed by atoms with Crippen LogP contribution in [-0.2, 0) is 0 Å². The third-order valence-electron chi connectivity index (χ3n) is 5.76. The van der Waals surface area contributed by atoms with Crippen LogP contribution in [0.5, 0.6) is 0 Å². The summed E-state index contributed by atoms with van der Waals surface area (Å²) in [7, 11) is 0. The molecule has 1 N–H and O–H groups in total. The van der Waals surface area contributed by atoms with Gasteiger partial charge in [-0.25, -0.2) is 0 Å². The van der Waals surface area contributed by atoms with E-state index >= 15 is 0 Å². The van der Waals surface area contributed by atoms with Crippen molar-refractivity contribution in [3.05, 3.63) is 0 Å². The van der Waals surface area contributed by atoms with E-state index < -0.39 is 0 Å². The van der Waals surface area contributed by atoms with E-state index in [0.717, 1.165) is 29.6 Å². The molecule has 0 bridgehead atoms. The Balaban J connectivity index is 1.90. The lowest BCUT2D eigenvalue weighted by Crippen LogP contribution is -2.34. The van der Waals surface area contributed by atoms with Gasteiger partial charge in [-0.1, -0.05) is 59.3 Å². The maximum Gasteiger partial charge on any atom is -0.00177 e. The first kappa shape index (κ1) is 16.3. The Hall–Kier alpha value is -0.0400. The van der Waals surface area contributed by atoms with Crippen LogP contribution in [0.3, 0.4) is 0 Å². The molecule has 20 heavy (non-hydrogen) atoms. The summed E-state index contributed by atoms with van der Waals surface area (Å²) in [6.07, 6.45) is 13.5. The number of hydrogen-bond donors (Lipinski definition) is 1. The molecule has 0 spiro atoms. The fourth-order valence-corrected chi connectivity index (χ4v) is 4.71. The lowest BCUT2D eigenvalue weighted by molar-refractivity contribution is 0.139. The van der Waals surface area contributed by atoms with E-state index in [-0.39, 0.29) is 0 Å². The normalized spacial score (nSPS) is 36.0. The van der Waals surface area contributed by atoms with Crippen LogP contribution < -0.4 is 5.32 Å². The minimum Gasteiger partial charge on any atom is -0.316 e. The summed E-state index contributed by atoms with van der Waals surface area (Å²) < 4.78 is 0. The molecule has 0 saturated heterocycles. The quantitative estimate of drug-likeness (QED) is 0.677. The van der Waals surface area contributed by atoms with Crippen molar-refractivity contribution in [1.29, 1.82) is 0 Å². The smallest absolute Gasteiger partial charge is 0.00177 e. The molecule has 1 heteroatoms. The molecule has 2 aliphatic carbocycles. The zero-order valence-electron chi connectivity index (χ0n) is 14.2. The van der Waals surface area contributed by atoms with Crippen molar-refractivity contribution in [2.24, 2.45) is 29.6 Å². The Morgan fingerprint density at radius 1 is 0.950 bits per heavy atom. The van der Waals surface area contributed by atoms with Crippen LogP contribution in [0.1, 0.15) is 78.6 Å². The van der Waals surface area contributed by atoms with Gasteiger partial charge >= 0.3 is 0 Å². The highest BCUT2D eigenvalue weighted by Gasteiger charge is 2.32. The van der Waals surface area contributed by atoms with Gasteiger partial charge in [-0.05, 0) is 61.9 Å². The van der Waals surface area contributed by atoms with Crippen molar-refractivity contribution >= 4 is 0 Å². The first-order valence-corrected chi connectivity index (χ1v) is 9.37. The second-order valence-electron chi connectivity index (χ2n) is 8.15. The van der Waals surface area contributed by atoms with Crippen molar-refractivity contribution < 1.29 is 0 Å². The maximum atomic E-state index is 3.76. The van der Waals surface area contributed by atoms with Crippen molar-refractivity contribution in [3.63, 3.8) is 0 Å². The van der Waals surface area contributed by atoms with Gasteiger partial charge in [0.2, 0.25) is 0 Å². The van der Waals surface area contributed by atoms with Gasteiger partial charge in [-0.3, -0.25) is 0 Å². The summed E-state index contributed by atoms with van der Waals surface area (Å²) in [4.78, 5) is 0. The minimum absolute atomic E-state index is 0.786. The van der Waals surface area contributed by atoms with E-state index in [9.17, 15) is 0 Å². The Morgan fingerprint density at radius 2 is 1.75 bits per heavy atom. The Morgan fingerprint density at radius 3 is 2.50 bits per heavy atom. The van der Waals surface area contributed by atoms with Gasteiger partial charge in [-0.15, -0.1) is 0 Å². The average molecular weight is 280 g/mol. The van der Waals surface area contributed by atoms with Crippen LogP contribution in [0.15, 0.2) is 0 Å². The standard InChI is InChI=1S/C19H37N/c1-15(2)13-20-14-18-9-5-4-6-11-19(18)17-10-7-8-16(3)12-17/h15-20H,4-14H2,1-3H3. The second kappa shape index (κ2) is 8.41. The van der Waals surface area contributed by atoms with E-state index in [1.165, 1.54) is 70.9 Å². The molecule has 0 aromatic rings. The summed E-state index contributed by atoms with van der Waals surface area (Å²) in [5, 5.41) is 3.76. The maximum absolute atomic E-state index is 3.76. The molecular formula is C19H37N. The van der Waals surface area contributed by atoms with Crippen LogP contribution >= 0.6 is 0 Å². The third kappa shape index (κ3) is 5.06. The zero-order valence-corrected chi connectivity index (χ0v) is 14.2. The average Bonchev–Trinajstić information content (AvgIpc) is 2.64. The predicted molar refractivity (Wildman–Crippen MR) is 88.9 cm³/mol. The molecule has 118 valence electrons. The Bertz CT molecular complexity index is 260. The van der Waals surface area contributed by atoms with Gasteiger partial charge in [0.05, 0.1) is 0 Å². The molecule has 2 saturated carbocycles. The van der Waals surface area contributed by atoms with Crippen LogP contribution in [0.2, 0.25) is 0 Å². The summed E-state index contributed by atoms with van der Waals surface area (Å²) in [6, 6.07) is 0. The number of hydrogen-bond acceptors (Lipinski definition) is 1. The van der Waals surface area contributed by atoms with Crippen molar-refractivity contribution in [3.8, 4) is 0 Å². The molecule has 0 aliphatic heterocycles. The summed E-state index contributed by atoms with van der Waals surface area (Å²) in [6.45, 7) is 9.60. The van der Waals surface area contributed by atoms with E-state index in [4.69, 9.17) is 0 Å². The van der Waals surface area contributed by atoms with Crippen molar-refractivity contribution in [2.75, 3.05) is 13.1 Å². The fourth-order valence-electron chi connectivity index (χ4n) is 4.71. The second-order valence-corrected chi connectivity index (χ2v) is 8.15. The summed E-state index contributed by atoms with van der Waals surface area (Å²) in [5.74, 6) is 4.81. The van der Waals surface area contributed by atoms with E-state index in [2.05, 4.69) is 26.1 Å². The summed E-state index contributed by atoms with van der Waals surface area (Å²) in [5.41, 5.74) is 0. The van der Waals surface area contributed by atoms with E-state index in [1.807, 2.05) is 0 Å². The van der Waals surface area contributed by atoms with Crippen LogP contribution in [-0.4, -0.2) is 13.1 Å². The van der Waals surface area contributed by atoms with Gasteiger partial charge in [0, 0.05) is 0 Å². The van der Waals surface area contributed by atoms with E-state index in [0.29, 0.717) is 0 Å². The van der Waals surface area contributed by atoms with Crippen molar-refractivity contribution in [2.45, 2.75) is 78.6 Å². The minimum atomic E-state index is 0.786. The van der Waals surface area contributed by atoms with Crippen molar-refractivity contribution in [1.82, 2.24) is 5.32 Å². The third-order valence-corrected chi connectivity index (χ3v) is 5.76. The van der Waals surface area contributed by atoms with Gasteiger partial charge in [0.15, 0.2) is 0 Å². The molecule has 0 aromatic carbocycles. The molecule has 0 heterocycles. The monoisotopic (exact) mass is 279 g/mol.